The molecule has 0 amide bonds. The first-order valence-electron chi connectivity index (χ1n) is 4.25. The van der Waals surface area contributed by atoms with E-state index in [0.717, 1.165) is 5.69 Å². The maximum atomic E-state index is 8.88. The quantitative estimate of drug-likeness (QED) is 0.783. The number of hydrogen-bond acceptors (Lipinski definition) is 4. The van der Waals surface area contributed by atoms with E-state index in [1.54, 1.807) is 12.3 Å². The van der Waals surface area contributed by atoms with Crippen LogP contribution in [0.2, 0.25) is 5.02 Å². The second-order valence-corrected chi connectivity index (χ2v) is 3.65. The summed E-state index contributed by atoms with van der Waals surface area (Å²) in [6.45, 7) is -0.124. The number of anilines is 1. The predicted molar refractivity (Wildman–Crippen MR) is 57.6 cm³/mol. The van der Waals surface area contributed by atoms with Crippen LogP contribution in [-0.2, 0) is 0 Å². The number of aliphatic hydroxyl groups excluding tert-OH is 1. The van der Waals surface area contributed by atoms with Crippen molar-refractivity contribution in [3.63, 3.8) is 0 Å². The number of halogens is 1. The van der Waals surface area contributed by atoms with Gasteiger partial charge >= 0.3 is 0 Å². The highest BCUT2D eigenvalue weighted by molar-refractivity contribution is 6.33. The van der Waals surface area contributed by atoms with Gasteiger partial charge in [-0.25, -0.2) is 0 Å². The van der Waals surface area contributed by atoms with Crippen molar-refractivity contribution in [3.8, 4) is 0 Å². The Hall–Kier alpha value is -0.840. The number of nitrogens with two attached hydrogens (primary N) is 1. The summed E-state index contributed by atoms with van der Waals surface area (Å²) in [6, 6.07) is 1.33. The van der Waals surface area contributed by atoms with Crippen LogP contribution in [0.4, 0.5) is 5.69 Å². The molecular weight excluding hydrogens is 202 g/mol. The lowest BCUT2D eigenvalue weighted by Crippen LogP contribution is -2.17. The van der Waals surface area contributed by atoms with Crippen molar-refractivity contribution < 1.29 is 5.11 Å². The van der Waals surface area contributed by atoms with Crippen molar-refractivity contribution in [3.05, 3.63) is 23.0 Å². The molecule has 4 nitrogen and oxygen atoms in total. The largest absolute Gasteiger partial charge is 0.394 e. The fourth-order valence-corrected chi connectivity index (χ4v) is 1.36. The number of aliphatic hydroxyl groups is 1. The van der Waals surface area contributed by atoms with Gasteiger partial charge in [0.1, 0.15) is 0 Å². The monoisotopic (exact) mass is 215 g/mol. The number of rotatable bonds is 3. The van der Waals surface area contributed by atoms with Gasteiger partial charge in [-0.2, -0.15) is 0 Å². The molecule has 0 spiro atoms. The van der Waals surface area contributed by atoms with Gasteiger partial charge in [-0.1, -0.05) is 11.6 Å². The summed E-state index contributed by atoms with van der Waals surface area (Å²) < 4.78 is 0. The summed E-state index contributed by atoms with van der Waals surface area (Å²) in [7, 11) is 3.77. The highest BCUT2D eigenvalue weighted by atomic mass is 35.5. The minimum atomic E-state index is -0.453. The van der Waals surface area contributed by atoms with Crippen LogP contribution in [0.1, 0.15) is 11.7 Å². The fraction of sp³-hybridized carbons (Fsp3) is 0.444. The molecule has 0 aliphatic rings. The molecule has 14 heavy (non-hydrogen) atoms. The Morgan fingerprint density at radius 2 is 2.29 bits per heavy atom. The number of aromatic nitrogens is 1. The van der Waals surface area contributed by atoms with Crippen LogP contribution in [0, 0.1) is 0 Å². The number of pyridine rings is 1. The van der Waals surface area contributed by atoms with Gasteiger partial charge in [-0.3, -0.25) is 4.98 Å². The van der Waals surface area contributed by atoms with Gasteiger partial charge in [0, 0.05) is 20.3 Å². The van der Waals surface area contributed by atoms with E-state index in [2.05, 4.69) is 4.98 Å². The van der Waals surface area contributed by atoms with Gasteiger partial charge in [0.2, 0.25) is 0 Å². The Labute approximate surface area is 88.3 Å². The molecule has 1 unspecified atom stereocenters. The summed E-state index contributed by atoms with van der Waals surface area (Å²) in [5, 5.41) is 9.45. The predicted octanol–water partition coefficient (Wildman–Crippen LogP) is 0.793. The summed E-state index contributed by atoms with van der Waals surface area (Å²) in [4.78, 5) is 5.92. The maximum absolute atomic E-state index is 8.88. The molecular formula is C9H14ClN3O. The van der Waals surface area contributed by atoms with E-state index in [1.165, 1.54) is 0 Å². The van der Waals surface area contributed by atoms with Crippen LogP contribution in [0.3, 0.4) is 0 Å². The van der Waals surface area contributed by atoms with E-state index in [9.17, 15) is 0 Å². The normalized spacial score (nSPS) is 12.6. The van der Waals surface area contributed by atoms with Crippen molar-refractivity contribution in [1.82, 2.24) is 4.98 Å². The summed E-state index contributed by atoms with van der Waals surface area (Å²) in [5.41, 5.74) is 7.13. The fourth-order valence-electron chi connectivity index (χ4n) is 1.08. The number of nitrogens with zero attached hydrogens (tertiary/aromatic N) is 2. The Bertz CT molecular complexity index is 317. The van der Waals surface area contributed by atoms with Gasteiger partial charge in [0.15, 0.2) is 0 Å². The first-order chi connectivity index (χ1) is 6.56. The van der Waals surface area contributed by atoms with Crippen LogP contribution in [0.5, 0.6) is 0 Å². The molecule has 0 bridgehead atoms. The molecule has 1 aromatic rings. The van der Waals surface area contributed by atoms with Gasteiger partial charge < -0.3 is 15.7 Å². The minimum absolute atomic E-state index is 0.124. The van der Waals surface area contributed by atoms with Gasteiger partial charge in [-0.15, -0.1) is 0 Å². The zero-order valence-corrected chi connectivity index (χ0v) is 8.99. The zero-order chi connectivity index (χ0) is 10.7. The second-order valence-electron chi connectivity index (χ2n) is 3.24. The van der Waals surface area contributed by atoms with Crippen LogP contribution in [0.25, 0.3) is 0 Å². The Balaban J connectivity index is 3.06. The molecule has 3 N–H and O–H groups in total. The second kappa shape index (κ2) is 4.59. The summed E-state index contributed by atoms with van der Waals surface area (Å²) >= 11 is 5.93. The summed E-state index contributed by atoms with van der Waals surface area (Å²) in [5.74, 6) is 0. The van der Waals surface area contributed by atoms with Gasteiger partial charge in [0.05, 0.1) is 29.1 Å². The van der Waals surface area contributed by atoms with Crippen LogP contribution >= 0.6 is 11.6 Å². The minimum Gasteiger partial charge on any atom is -0.394 e. The lowest BCUT2D eigenvalue weighted by Gasteiger charge is -2.16. The first-order valence-corrected chi connectivity index (χ1v) is 4.63. The van der Waals surface area contributed by atoms with Gasteiger partial charge in [0.25, 0.3) is 0 Å². The third kappa shape index (κ3) is 2.35. The third-order valence-electron chi connectivity index (χ3n) is 1.91. The highest BCUT2D eigenvalue weighted by Crippen LogP contribution is 2.25. The lowest BCUT2D eigenvalue weighted by atomic mass is 10.2. The molecule has 1 aromatic heterocycles. The van der Waals surface area contributed by atoms with Crippen LogP contribution in [-0.4, -0.2) is 30.8 Å². The van der Waals surface area contributed by atoms with E-state index in [1.807, 2.05) is 19.0 Å². The highest BCUT2D eigenvalue weighted by Gasteiger charge is 2.10. The van der Waals surface area contributed by atoms with Crippen LogP contribution in [0.15, 0.2) is 12.3 Å². The van der Waals surface area contributed by atoms with Crippen LogP contribution < -0.4 is 10.6 Å². The Morgan fingerprint density at radius 3 is 2.79 bits per heavy atom. The Morgan fingerprint density at radius 1 is 1.64 bits per heavy atom. The van der Waals surface area contributed by atoms with E-state index in [4.69, 9.17) is 22.4 Å². The molecule has 1 atom stereocenters. The standard InChI is InChI=1S/C9H14ClN3O/c1-13(2)9-3-8(7(11)5-14)12-4-6(9)10/h3-4,7,14H,5,11H2,1-2H3. The van der Waals surface area contributed by atoms with E-state index in [0.29, 0.717) is 10.7 Å². The first kappa shape index (κ1) is 11.2. The molecule has 1 rings (SSSR count). The molecule has 0 fully saturated rings. The van der Waals surface area contributed by atoms with Gasteiger partial charge in [-0.05, 0) is 6.07 Å². The molecule has 0 aliphatic carbocycles. The zero-order valence-electron chi connectivity index (χ0n) is 8.24. The molecule has 0 saturated heterocycles. The smallest absolute Gasteiger partial charge is 0.0822 e. The van der Waals surface area contributed by atoms with Crippen molar-refractivity contribution in [1.29, 1.82) is 0 Å². The molecule has 78 valence electrons. The maximum Gasteiger partial charge on any atom is 0.0822 e. The van der Waals surface area contributed by atoms with Crippen molar-refractivity contribution in [2.45, 2.75) is 6.04 Å². The average molecular weight is 216 g/mol. The SMILES string of the molecule is CN(C)c1cc(C(N)CO)ncc1Cl. The Kier molecular flexibility index (Phi) is 3.69. The number of hydrogen-bond donors (Lipinski definition) is 2. The molecule has 0 radical (unpaired) electrons. The van der Waals surface area contributed by atoms with Crippen molar-refractivity contribution in [2.24, 2.45) is 5.73 Å². The van der Waals surface area contributed by atoms with Crippen molar-refractivity contribution in [2.75, 3.05) is 25.6 Å². The summed E-state index contributed by atoms with van der Waals surface area (Å²) in [6.07, 6.45) is 1.54. The van der Waals surface area contributed by atoms with E-state index in [-0.39, 0.29) is 6.61 Å². The molecule has 0 saturated carbocycles. The topological polar surface area (TPSA) is 62.4 Å². The molecule has 5 heteroatoms. The average Bonchev–Trinajstić information content (AvgIpc) is 2.17. The molecule has 0 aromatic carbocycles. The van der Waals surface area contributed by atoms with E-state index >= 15 is 0 Å². The lowest BCUT2D eigenvalue weighted by molar-refractivity contribution is 0.266. The third-order valence-corrected chi connectivity index (χ3v) is 2.21. The molecule has 1 heterocycles. The van der Waals surface area contributed by atoms with E-state index < -0.39 is 6.04 Å². The molecule has 0 aliphatic heterocycles. The van der Waals surface area contributed by atoms with Crippen molar-refractivity contribution >= 4 is 17.3 Å².